The molecule has 0 saturated heterocycles. The molecule has 0 heterocycles. The lowest BCUT2D eigenvalue weighted by Crippen LogP contribution is -2.23. The van der Waals surface area contributed by atoms with Crippen molar-refractivity contribution in [2.24, 2.45) is 0 Å². The Morgan fingerprint density at radius 2 is 2.00 bits per heavy atom. The van der Waals surface area contributed by atoms with Crippen LogP contribution in [0.1, 0.15) is 0 Å². The second-order valence-corrected chi connectivity index (χ2v) is 7.82. The lowest BCUT2D eigenvalue weighted by Gasteiger charge is -2.11. The number of rotatable bonds is 8. The molecular weight excluding hydrogens is 212 g/mol. The summed E-state index contributed by atoms with van der Waals surface area (Å²) < 4.78 is 15.3. The van der Waals surface area contributed by atoms with Crippen molar-refractivity contribution in [1.29, 1.82) is 0 Å². The predicted octanol–water partition coefficient (Wildman–Crippen LogP) is -0.553. The van der Waals surface area contributed by atoms with E-state index in [1.54, 1.807) is 14.2 Å². The number of hydrogen-bond acceptors (Lipinski definition) is 3. The van der Waals surface area contributed by atoms with Crippen molar-refractivity contribution in [3.05, 3.63) is 0 Å². The van der Waals surface area contributed by atoms with Crippen molar-refractivity contribution in [2.75, 3.05) is 26.5 Å². The Labute approximate surface area is 83.4 Å². The zero-order valence-electron chi connectivity index (χ0n) is 7.72. The van der Waals surface area contributed by atoms with E-state index in [1.165, 1.54) is 5.67 Å². The molecule has 0 aromatic carbocycles. The van der Waals surface area contributed by atoms with Crippen molar-refractivity contribution in [3.8, 4) is 0 Å². The minimum atomic E-state index is -0.209. The van der Waals surface area contributed by atoms with E-state index in [1.807, 2.05) is 0 Å². The number of methoxy groups -OCH3 is 2. The second-order valence-electron chi connectivity index (χ2n) is 2.41. The van der Waals surface area contributed by atoms with Crippen LogP contribution < -0.4 is 0 Å². The summed E-state index contributed by atoms with van der Waals surface area (Å²) in [5.74, 6) is 0.0912. The van der Waals surface area contributed by atoms with Gasteiger partial charge in [-0.05, 0) is 0 Å². The van der Waals surface area contributed by atoms with Gasteiger partial charge in [0.25, 0.3) is 0 Å². The minimum absolute atomic E-state index is 0.0661. The molecule has 0 radical (unpaired) electrons. The van der Waals surface area contributed by atoms with Crippen molar-refractivity contribution in [3.63, 3.8) is 0 Å². The van der Waals surface area contributed by atoms with E-state index in [0.717, 1.165) is 6.23 Å². The maximum absolute atomic E-state index is 5.36. The molecule has 0 aliphatic rings. The first kappa shape index (κ1) is 12.6. The molecule has 0 aliphatic heterocycles. The van der Waals surface area contributed by atoms with E-state index in [0.29, 0.717) is 6.07 Å². The summed E-state index contributed by atoms with van der Waals surface area (Å²) in [7, 11) is 3.11. The van der Waals surface area contributed by atoms with Crippen LogP contribution in [0, 0.1) is 0 Å². The van der Waals surface area contributed by atoms with Gasteiger partial charge < -0.3 is 14.2 Å². The summed E-state index contributed by atoms with van der Waals surface area (Å²) in [5, 5.41) is 0. The molecule has 0 saturated carbocycles. The maximum Gasteiger partial charge on any atom is 0.133 e. The summed E-state index contributed by atoms with van der Waals surface area (Å²) in [6.07, 6.45) is 0.886. The van der Waals surface area contributed by atoms with Crippen LogP contribution in [-0.4, -0.2) is 51.5 Å². The van der Waals surface area contributed by atoms with Crippen LogP contribution in [0.15, 0.2) is 0 Å². The van der Waals surface area contributed by atoms with Crippen molar-refractivity contribution < 1.29 is 14.2 Å². The highest BCUT2D eigenvalue weighted by atomic mass is 35.5. The Morgan fingerprint density at radius 1 is 1.33 bits per heavy atom. The third kappa shape index (κ3) is 7.26. The van der Waals surface area contributed by atoms with Gasteiger partial charge in [-0.3, -0.25) is 0 Å². The van der Waals surface area contributed by atoms with E-state index in [2.05, 4.69) is 0 Å². The molecule has 0 atom stereocenters. The summed E-state index contributed by atoms with van der Waals surface area (Å²) in [5.41, 5.74) is 1.31. The standard InChI is InChI=1S/C6H17ClO3Si2/c1-8-6(9-2)12-5-11-4-10-3-7/h6H,3-5,11-12H2,1-2H3. The molecule has 3 nitrogen and oxygen atoms in total. The molecule has 0 N–H and O–H groups in total. The average molecular weight is 229 g/mol. The Balaban J connectivity index is 3.06. The highest BCUT2D eigenvalue weighted by Crippen LogP contribution is 1.91. The molecule has 0 rings (SSSR count). The Bertz CT molecular complexity index is 92.9. The van der Waals surface area contributed by atoms with E-state index < -0.39 is 0 Å². The fraction of sp³-hybridized carbons (Fsp3) is 1.00. The molecular formula is C6H17ClO3Si2. The van der Waals surface area contributed by atoms with E-state index >= 15 is 0 Å². The fourth-order valence-electron chi connectivity index (χ4n) is 0.902. The van der Waals surface area contributed by atoms with E-state index in [4.69, 9.17) is 25.8 Å². The van der Waals surface area contributed by atoms with Crippen LogP contribution in [0.25, 0.3) is 0 Å². The molecule has 0 spiro atoms. The third-order valence-electron chi connectivity index (χ3n) is 1.58. The smallest absolute Gasteiger partial charge is 0.133 e. The number of hydrogen-bond donors (Lipinski definition) is 0. The molecule has 0 fully saturated rings. The van der Waals surface area contributed by atoms with Crippen molar-refractivity contribution >= 4 is 30.6 Å². The predicted molar refractivity (Wildman–Crippen MR) is 56.4 cm³/mol. The largest absolute Gasteiger partial charge is 0.370 e. The third-order valence-corrected chi connectivity index (χ3v) is 7.08. The molecule has 0 aromatic heterocycles. The van der Waals surface area contributed by atoms with Gasteiger partial charge in [-0.2, -0.15) is 0 Å². The highest BCUT2D eigenvalue weighted by Gasteiger charge is 2.04. The zero-order chi connectivity index (χ0) is 9.23. The van der Waals surface area contributed by atoms with E-state index in [-0.39, 0.29) is 25.0 Å². The van der Waals surface area contributed by atoms with Crippen LogP contribution in [-0.2, 0) is 14.2 Å². The van der Waals surface area contributed by atoms with Crippen LogP contribution in [0.2, 0.25) is 5.67 Å². The molecule has 0 bridgehead atoms. The molecule has 6 heteroatoms. The quantitative estimate of drug-likeness (QED) is 0.242. The molecule has 12 heavy (non-hydrogen) atoms. The molecule has 74 valence electrons. The molecule has 0 aromatic rings. The fourth-order valence-corrected chi connectivity index (χ4v) is 5.32. The highest BCUT2D eigenvalue weighted by molar-refractivity contribution is 6.56. The van der Waals surface area contributed by atoms with Gasteiger partial charge in [-0.25, -0.2) is 0 Å². The topological polar surface area (TPSA) is 27.7 Å². The summed E-state index contributed by atoms with van der Waals surface area (Å²) >= 11 is 5.36. The van der Waals surface area contributed by atoms with Crippen LogP contribution >= 0.6 is 11.6 Å². The Morgan fingerprint density at radius 3 is 2.50 bits per heavy atom. The van der Waals surface area contributed by atoms with Gasteiger partial charge in [0.05, 0.1) is 9.52 Å². The SMILES string of the molecule is COC(OC)[SiH2]C[SiH2]COCCl. The first-order valence-electron chi connectivity index (χ1n) is 4.04. The molecule has 0 amide bonds. The lowest BCUT2D eigenvalue weighted by atomic mass is 11.3. The van der Waals surface area contributed by atoms with Gasteiger partial charge in [-0.1, -0.05) is 17.3 Å². The van der Waals surface area contributed by atoms with Crippen molar-refractivity contribution in [2.45, 2.75) is 11.6 Å². The first-order valence-corrected chi connectivity index (χ1v) is 8.39. The van der Waals surface area contributed by atoms with E-state index in [9.17, 15) is 0 Å². The van der Waals surface area contributed by atoms with Gasteiger partial charge in [0, 0.05) is 30.0 Å². The van der Waals surface area contributed by atoms with Crippen molar-refractivity contribution in [1.82, 2.24) is 0 Å². The Kier molecular flexibility index (Phi) is 10.2. The lowest BCUT2D eigenvalue weighted by molar-refractivity contribution is -0.0437. The van der Waals surface area contributed by atoms with Gasteiger partial charge in [0.1, 0.15) is 12.0 Å². The summed E-state index contributed by atoms with van der Waals surface area (Å²) in [6.45, 7) is 0. The monoisotopic (exact) mass is 228 g/mol. The summed E-state index contributed by atoms with van der Waals surface area (Å²) in [6, 6.07) is 0.326. The van der Waals surface area contributed by atoms with Gasteiger partial charge >= 0.3 is 0 Å². The number of alkyl halides is 1. The maximum atomic E-state index is 5.36. The van der Waals surface area contributed by atoms with Gasteiger partial charge in [0.15, 0.2) is 0 Å². The van der Waals surface area contributed by atoms with Crippen LogP contribution in [0.3, 0.4) is 0 Å². The second kappa shape index (κ2) is 9.69. The van der Waals surface area contributed by atoms with Gasteiger partial charge in [-0.15, -0.1) is 0 Å². The zero-order valence-corrected chi connectivity index (χ0v) is 11.3. The molecule has 0 unspecified atom stereocenters. The van der Waals surface area contributed by atoms with Crippen LogP contribution in [0.4, 0.5) is 0 Å². The molecule has 0 aliphatic carbocycles. The summed E-state index contributed by atoms with van der Waals surface area (Å²) in [4.78, 5) is 0. The first-order chi connectivity index (χ1) is 5.85. The van der Waals surface area contributed by atoms with Gasteiger partial charge in [0.2, 0.25) is 0 Å². The van der Waals surface area contributed by atoms with Crippen LogP contribution in [0.5, 0.6) is 0 Å². The number of ether oxygens (including phenoxy) is 3. The minimum Gasteiger partial charge on any atom is -0.370 e. The average Bonchev–Trinajstić information content (AvgIpc) is 2.11. The normalized spacial score (nSPS) is 13.0. The Hall–Kier alpha value is 0.604. The number of halogens is 1.